The van der Waals surface area contributed by atoms with Crippen molar-refractivity contribution in [3.8, 4) is 22.8 Å². The zero-order chi connectivity index (χ0) is 18.8. The maximum Gasteiger partial charge on any atom is 0.163 e. The van der Waals surface area contributed by atoms with Crippen LogP contribution in [0.25, 0.3) is 22.8 Å². The molecule has 0 saturated carbocycles. The van der Waals surface area contributed by atoms with E-state index in [-0.39, 0.29) is 0 Å². The minimum Gasteiger partial charge on any atom is -0.274 e. The van der Waals surface area contributed by atoms with Gasteiger partial charge in [-0.25, -0.2) is 14.3 Å². The van der Waals surface area contributed by atoms with Gasteiger partial charge < -0.3 is 0 Å². The fourth-order valence-corrected chi connectivity index (χ4v) is 2.95. The number of hydrogen-bond donors (Lipinski definition) is 0. The van der Waals surface area contributed by atoms with Gasteiger partial charge in [-0.05, 0) is 42.7 Å². The van der Waals surface area contributed by atoms with Crippen molar-refractivity contribution in [2.75, 3.05) is 0 Å². The first-order valence-electron chi connectivity index (χ1n) is 9.15. The summed E-state index contributed by atoms with van der Waals surface area (Å²) in [5.74, 6) is 2.31. The third-order valence-corrected chi connectivity index (χ3v) is 4.43. The Morgan fingerprint density at radius 1 is 1.04 bits per heavy atom. The lowest BCUT2D eigenvalue weighted by molar-refractivity contribution is 0.574. The molecule has 0 N–H and O–H groups in total. The first-order chi connectivity index (χ1) is 13.1. The third-order valence-electron chi connectivity index (χ3n) is 4.43. The molecule has 0 fully saturated rings. The van der Waals surface area contributed by atoms with Crippen LogP contribution in [0.5, 0.6) is 0 Å². The van der Waals surface area contributed by atoms with Gasteiger partial charge in [0.15, 0.2) is 11.6 Å². The van der Waals surface area contributed by atoms with Gasteiger partial charge in [-0.15, -0.1) is 0 Å². The molecule has 138 valence electrons. The molecule has 0 aliphatic rings. The summed E-state index contributed by atoms with van der Waals surface area (Å²) in [6, 6.07) is 10.1. The lowest BCUT2D eigenvalue weighted by Crippen LogP contribution is -2.00. The van der Waals surface area contributed by atoms with Crippen LogP contribution >= 0.6 is 0 Å². The molecular formula is C20H23N7. The van der Waals surface area contributed by atoms with Crippen LogP contribution in [0.4, 0.5) is 0 Å². The van der Waals surface area contributed by atoms with Crippen molar-refractivity contribution in [1.29, 1.82) is 0 Å². The van der Waals surface area contributed by atoms with E-state index in [1.54, 1.807) is 10.9 Å². The molecule has 0 aliphatic carbocycles. The summed E-state index contributed by atoms with van der Waals surface area (Å²) in [7, 11) is 1.90. The van der Waals surface area contributed by atoms with E-state index in [0.29, 0.717) is 5.92 Å². The molecule has 4 aromatic rings. The van der Waals surface area contributed by atoms with E-state index < -0.39 is 0 Å². The van der Waals surface area contributed by atoms with E-state index in [1.807, 2.05) is 53.2 Å². The minimum atomic E-state index is 0.618. The van der Waals surface area contributed by atoms with Gasteiger partial charge in [-0.3, -0.25) is 4.68 Å². The molecule has 1 aromatic carbocycles. The summed E-state index contributed by atoms with van der Waals surface area (Å²) >= 11 is 0. The average Bonchev–Trinajstić information content (AvgIpc) is 3.40. The Morgan fingerprint density at radius 2 is 1.85 bits per heavy atom. The molecule has 7 nitrogen and oxygen atoms in total. The van der Waals surface area contributed by atoms with E-state index in [2.05, 4.69) is 36.2 Å². The normalized spacial score (nSPS) is 11.4. The summed E-state index contributed by atoms with van der Waals surface area (Å²) in [5.41, 5.74) is 2.93. The molecule has 0 aliphatic heterocycles. The lowest BCUT2D eigenvalue weighted by atomic mass is 10.1. The van der Waals surface area contributed by atoms with Crippen LogP contribution < -0.4 is 0 Å². The summed E-state index contributed by atoms with van der Waals surface area (Å²) < 4.78 is 5.49. The van der Waals surface area contributed by atoms with Crippen molar-refractivity contribution in [2.45, 2.75) is 26.7 Å². The van der Waals surface area contributed by atoms with Crippen LogP contribution in [-0.4, -0.2) is 34.3 Å². The Balaban J connectivity index is 1.71. The van der Waals surface area contributed by atoms with Gasteiger partial charge in [0, 0.05) is 31.4 Å². The highest BCUT2D eigenvalue weighted by molar-refractivity contribution is 5.59. The average molecular weight is 361 g/mol. The molecule has 3 aromatic heterocycles. The van der Waals surface area contributed by atoms with E-state index in [0.717, 1.165) is 41.4 Å². The molecule has 3 heterocycles. The highest BCUT2D eigenvalue weighted by atomic mass is 15.4. The van der Waals surface area contributed by atoms with Crippen molar-refractivity contribution in [2.24, 2.45) is 13.0 Å². The zero-order valence-electron chi connectivity index (χ0n) is 15.8. The van der Waals surface area contributed by atoms with Crippen molar-refractivity contribution < 1.29 is 0 Å². The van der Waals surface area contributed by atoms with Crippen LogP contribution in [0.3, 0.4) is 0 Å². The number of hydrogen-bond acceptors (Lipinski definition) is 4. The summed E-state index contributed by atoms with van der Waals surface area (Å²) in [6.07, 6.45) is 9.38. The number of aromatic nitrogens is 7. The zero-order valence-corrected chi connectivity index (χ0v) is 15.8. The summed E-state index contributed by atoms with van der Waals surface area (Å²) in [5, 5.41) is 13.3. The first kappa shape index (κ1) is 17.2. The Labute approximate surface area is 158 Å². The van der Waals surface area contributed by atoms with Crippen LogP contribution in [0.2, 0.25) is 0 Å². The fourth-order valence-electron chi connectivity index (χ4n) is 2.95. The first-order valence-corrected chi connectivity index (χ1v) is 9.15. The van der Waals surface area contributed by atoms with Gasteiger partial charge in [-0.2, -0.15) is 15.3 Å². The van der Waals surface area contributed by atoms with Gasteiger partial charge in [-0.1, -0.05) is 13.8 Å². The molecule has 0 amide bonds. The van der Waals surface area contributed by atoms with Gasteiger partial charge >= 0.3 is 0 Å². The van der Waals surface area contributed by atoms with Gasteiger partial charge in [0.1, 0.15) is 5.69 Å². The third kappa shape index (κ3) is 3.67. The van der Waals surface area contributed by atoms with Gasteiger partial charge in [0.25, 0.3) is 0 Å². The smallest absolute Gasteiger partial charge is 0.163 e. The largest absolute Gasteiger partial charge is 0.274 e. The Hall–Kier alpha value is -3.22. The monoisotopic (exact) mass is 361 g/mol. The maximum atomic E-state index is 4.82. The van der Waals surface area contributed by atoms with E-state index in [1.165, 1.54) is 0 Å². The number of aryl methyl sites for hydroxylation is 2. The van der Waals surface area contributed by atoms with Crippen LogP contribution in [-0.2, 0) is 13.5 Å². The Bertz CT molecular complexity index is 1010. The molecule has 0 saturated heterocycles. The van der Waals surface area contributed by atoms with Crippen molar-refractivity contribution in [1.82, 2.24) is 34.3 Å². The molecule has 4 rings (SSSR count). The highest BCUT2D eigenvalue weighted by Gasteiger charge is 2.15. The maximum absolute atomic E-state index is 4.82. The second-order valence-corrected chi connectivity index (χ2v) is 7.07. The number of nitrogens with zero attached hydrogens (tertiary/aromatic N) is 7. The van der Waals surface area contributed by atoms with Crippen LogP contribution in [0.1, 0.15) is 26.1 Å². The van der Waals surface area contributed by atoms with E-state index in [9.17, 15) is 0 Å². The lowest BCUT2D eigenvalue weighted by Gasteiger charge is -2.05. The predicted octanol–water partition coefficient (Wildman–Crippen LogP) is 3.44. The molecular weight excluding hydrogens is 338 g/mol. The van der Waals surface area contributed by atoms with E-state index >= 15 is 0 Å². The van der Waals surface area contributed by atoms with Crippen molar-refractivity contribution >= 4 is 0 Å². The molecule has 0 spiro atoms. The standard InChI is InChI=1S/C20H23N7/c1-15(2)5-10-19-23-20(27(24-19)18-13-22-25(3)14-18)16-6-8-17(9-7-16)26-12-4-11-21-26/h4,6-9,11-15H,5,10H2,1-3H3. The molecule has 27 heavy (non-hydrogen) atoms. The Morgan fingerprint density at radius 3 is 2.48 bits per heavy atom. The highest BCUT2D eigenvalue weighted by Crippen LogP contribution is 2.23. The van der Waals surface area contributed by atoms with Gasteiger partial charge in [0.2, 0.25) is 0 Å². The molecule has 0 radical (unpaired) electrons. The molecule has 0 atom stereocenters. The predicted molar refractivity (Wildman–Crippen MR) is 104 cm³/mol. The summed E-state index contributed by atoms with van der Waals surface area (Å²) in [6.45, 7) is 4.43. The second-order valence-electron chi connectivity index (χ2n) is 7.07. The topological polar surface area (TPSA) is 66.3 Å². The number of rotatable bonds is 6. The SMILES string of the molecule is CC(C)CCc1nc(-c2ccc(-n3cccn3)cc2)n(-c2cnn(C)c2)n1. The summed E-state index contributed by atoms with van der Waals surface area (Å²) in [4.78, 5) is 4.82. The van der Waals surface area contributed by atoms with Crippen LogP contribution in [0.15, 0.2) is 55.1 Å². The van der Waals surface area contributed by atoms with Crippen LogP contribution in [0, 0.1) is 5.92 Å². The molecule has 7 heteroatoms. The number of benzene rings is 1. The quantitative estimate of drug-likeness (QED) is 0.528. The van der Waals surface area contributed by atoms with Crippen molar-refractivity contribution in [3.05, 3.63) is 60.9 Å². The second kappa shape index (κ2) is 7.19. The van der Waals surface area contributed by atoms with E-state index in [4.69, 9.17) is 10.1 Å². The Kier molecular flexibility index (Phi) is 4.58. The fraction of sp³-hybridized carbons (Fsp3) is 0.300. The minimum absolute atomic E-state index is 0.618. The molecule has 0 bridgehead atoms. The van der Waals surface area contributed by atoms with Gasteiger partial charge in [0.05, 0.1) is 18.1 Å². The van der Waals surface area contributed by atoms with Crippen molar-refractivity contribution in [3.63, 3.8) is 0 Å². The molecule has 0 unspecified atom stereocenters.